The molecule has 9 heteroatoms. The fraction of sp³-hybridized carbons (Fsp3) is 0.240. The molecule has 3 rings (SSSR count). The Hall–Kier alpha value is -2.19. The Bertz CT molecular complexity index is 1220. The molecule has 0 aromatic heterocycles. The third-order valence-electron chi connectivity index (χ3n) is 4.92. The number of amides is 1. The predicted molar refractivity (Wildman–Crippen MR) is 142 cm³/mol. The topological polar surface area (TPSA) is 66.5 Å². The third-order valence-corrected chi connectivity index (χ3v) is 8.31. The number of thioether (sulfide) groups is 1. The molecule has 5 nitrogen and oxygen atoms in total. The molecule has 0 spiro atoms. The van der Waals surface area contributed by atoms with Crippen molar-refractivity contribution in [2.75, 3.05) is 23.1 Å². The van der Waals surface area contributed by atoms with Crippen LogP contribution in [0.5, 0.6) is 0 Å². The lowest BCUT2D eigenvalue weighted by Crippen LogP contribution is -2.41. The number of hydrogen-bond donors (Lipinski definition) is 1. The molecule has 0 aliphatic rings. The van der Waals surface area contributed by atoms with Gasteiger partial charge in [0.05, 0.1) is 10.6 Å². The molecule has 0 fully saturated rings. The minimum absolute atomic E-state index is 0.0728. The zero-order valence-electron chi connectivity index (χ0n) is 18.7. The van der Waals surface area contributed by atoms with Crippen molar-refractivity contribution in [3.8, 4) is 0 Å². The lowest BCUT2D eigenvalue weighted by molar-refractivity contribution is -0.119. The zero-order valence-corrected chi connectivity index (χ0v) is 21.9. The number of nitrogens with zero attached hydrogens (tertiary/aromatic N) is 1. The highest BCUT2D eigenvalue weighted by atomic mass is 35.5. The van der Waals surface area contributed by atoms with Crippen LogP contribution in [-0.2, 0) is 20.6 Å². The number of aryl methyl sites for hydroxylation is 1. The Balaban J connectivity index is 1.59. The van der Waals surface area contributed by atoms with Crippen molar-refractivity contribution in [3.05, 3.63) is 94.0 Å². The van der Waals surface area contributed by atoms with Crippen LogP contribution in [0.1, 0.15) is 17.5 Å². The number of sulfonamides is 1. The van der Waals surface area contributed by atoms with Crippen molar-refractivity contribution in [1.29, 1.82) is 0 Å². The van der Waals surface area contributed by atoms with Gasteiger partial charge in [-0.3, -0.25) is 9.10 Å². The highest BCUT2D eigenvalue weighted by molar-refractivity contribution is 7.98. The smallest absolute Gasteiger partial charge is 0.264 e. The van der Waals surface area contributed by atoms with E-state index >= 15 is 0 Å². The van der Waals surface area contributed by atoms with Gasteiger partial charge < -0.3 is 5.32 Å². The van der Waals surface area contributed by atoms with Gasteiger partial charge in [0.2, 0.25) is 5.91 Å². The van der Waals surface area contributed by atoms with Gasteiger partial charge in [-0.2, -0.15) is 11.8 Å². The summed E-state index contributed by atoms with van der Waals surface area (Å²) in [5, 5.41) is 3.99. The molecule has 1 amide bonds. The van der Waals surface area contributed by atoms with Crippen molar-refractivity contribution in [2.45, 2.75) is 24.0 Å². The van der Waals surface area contributed by atoms with Gasteiger partial charge in [-0.1, -0.05) is 47.5 Å². The first-order valence-corrected chi connectivity index (χ1v) is 14.0. The van der Waals surface area contributed by atoms with Gasteiger partial charge in [0.25, 0.3) is 10.0 Å². The molecule has 0 saturated heterocycles. The molecule has 0 unspecified atom stereocenters. The van der Waals surface area contributed by atoms with Crippen LogP contribution in [0.4, 0.5) is 5.69 Å². The Labute approximate surface area is 215 Å². The van der Waals surface area contributed by atoms with E-state index < -0.39 is 10.0 Å². The molecule has 3 aromatic rings. The summed E-state index contributed by atoms with van der Waals surface area (Å²) in [6, 6.07) is 20.7. The van der Waals surface area contributed by atoms with E-state index in [9.17, 15) is 13.2 Å². The Morgan fingerprint density at radius 2 is 1.71 bits per heavy atom. The minimum atomic E-state index is -3.96. The normalized spacial score (nSPS) is 11.3. The number of benzene rings is 3. The van der Waals surface area contributed by atoms with E-state index in [1.54, 1.807) is 30.0 Å². The highest BCUT2D eigenvalue weighted by Crippen LogP contribution is 2.25. The average molecular weight is 538 g/mol. The molecule has 0 aliphatic carbocycles. The molecule has 180 valence electrons. The van der Waals surface area contributed by atoms with Gasteiger partial charge in [0.1, 0.15) is 6.54 Å². The van der Waals surface area contributed by atoms with Gasteiger partial charge in [0, 0.05) is 22.3 Å². The van der Waals surface area contributed by atoms with Gasteiger partial charge in [-0.25, -0.2) is 8.42 Å². The summed E-state index contributed by atoms with van der Waals surface area (Å²) < 4.78 is 27.8. The largest absolute Gasteiger partial charge is 0.354 e. The molecular weight excluding hydrogens is 511 g/mol. The Morgan fingerprint density at radius 1 is 0.971 bits per heavy atom. The molecule has 0 radical (unpaired) electrons. The molecule has 0 bridgehead atoms. The van der Waals surface area contributed by atoms with Crippen LogP contribution >= 0.6 is 35.0 Å². The van der Waals surface area contributed by atoms with E-state index in [1.807, 2.05) is 37.3 Å². The van der Waals surface area contributed by atoms with Gasteiger partial charge in [-0.05, 0) is 78.8 Å². The number of nitrogens with one attached hydrogen (secondary N) is 1. The Kier molecular flexibility index (Phi) is 9.71. The standard InChI is InChI=1S/C25H26Cl2N2O3S2/c1-19-5-2-8-23(15-19)29(34(31,32)24-11-9-21(26)10-12-24)17-25(30)28-13-4-14-33-18-20-6-3-7-22(27)16-20/h2-3,5-12,15-16H,4,13-14,17-18H2,1H3,(H,28,30). The summed E-state index contributed by atoms with van der Waals surface area (Å²) in [6.07, 6.45) is 0.769. The summed E-state index contributed by atoms with van der Waals surface area (Å²) in [4.78, 5) is 12.7. The number of anilines is 1. The minimum Gasteiger partial charge on any atom is -0.354 e. The van der Waals surface area contributed by atoms with Gasteiger partial charge >= 0.3 is 0 Å². The fourth-order valence-corrected chi connectivity index (χ4v) is 5.90. The van der Waals surface area contributed by atoms with Crippen LogP contribution < -0.4 is 9.62 Å². The first kappa shape index (κ1) is 26.4. The molecule has 1 N–H and O–H groups in total. The van der Waals surface area contributed by atoms with Crippen molar-refractivity contribution < 1.29 is 13.2 Å². The van der Waals surface area contributed by atoms with E-state index in [0.717, 1.165) is 38.4 Å². The number of carbonyl (C=O) groups excluding carboxylic acids is 1. The van der Waals surface area contributed by atoms with Crippen molar-refractivity contribution in [2.24, 2.45) is 0 Å². The summed E-state index contributed by atoms with van der Waals surface area (Å²) >= 11 is 13.7. The van der Waals surface area contributed by atoms with Crippen molar-refractivity contribution in [1.82, 2.24) is 5.32 Å². The Morgan fingerprint density at radius 3 is 2.41 bits per heavy atom. The van der Waals surface area contributed by atoms with Gasteiger partial charge in [0.15, 0.2) is 0 Å². The average Bonchev–Trinajstić information content (AvgIpc) is 2.80. The second-order valence-electron chi connectivity index (χ2n) is 7.69. The molecule has 0 aliphatic heterocycles. The molecule has 34 heavy (non-hydrogen) atoms. The fourth-order valence-electron chi connectivity index (χ4n) is 3.24. The van der Waals surface area contributed by atoms with E-state index in [4.69, 9.17) is 23.2 Å². The summed E-state index contributed by atoms with van der Waals surface area (Å²) in [6.45, 7) is 2.02. The second-order valence-corrected chi connectivity index (χ2v) is 11.5. The number of halogens is 2. The SMILES string of the molecule is Cc1cccc(N(CC(=O)NCCCSCc2cccc(Cl)c2)S(=O)(=O)c2ccc(Cl)cc2)c1. The van der Waals surface area contributed by atoms with Crippen LogP contribution in [0.25, 0.3) is 0 Å². The first-order chi connectivity index (χ1) is 16.3. The van der Waals surface area contributed by atoms with E-state index in [1.165, 1.54) is 24.3 Å². The molecule has 3 aromatic carbocycles. The number of hydrogen-bond acceptors (Lipinski definition) is 4. The summed E-state index contributed by atoms with van der Waals surface area (Å²) in [7, 11) is -3.96. The maximum absolute atomic E-state index is 13.4. The molecular formula is C25H26Cl2N2O3S2. The highest BCUT2D eigenvalue weighted by Gasteiger charge is 2.27. The molecule has 0 atom stereocenters. The summed E-state index contributed by atoms with van der Waals surface area (Å²) in [5.41, 5.74) is 2.48. The summed E-state index contributed by atoms with van der Waals surface area (Å²) in [5.74, 6) is 1.34. The quantitative estimate of drug-likeness (QED) is 0.308. The molecule has 0 heterocycles. The second kappa shape index (κ2) is 12.5. The maximum atomic E-state index is 13.4. The number of carbonyl (C=O) groups is 1. The van der Waals surface area contributed by atoms with Crippen LogP contribution in [0, 0.1) is 6.92 Å². The predicted octanol–water partition coefficient (Wildman–Crippen LogP) is 5.94. The lowest BCUT2D eigenvalue weighted by atomic mass is 10.2. The van der Waals surface area contributed by atoms with Gasteiger partial charge in [-0.15, -0.1) is 0 Å². The zero-order chi connectivity index (χ0) is 24.6. The van der Waals surface area contributed by atoms with Crippen molar-refractivity contribution in [3.63, 3.8) is 0 Å². The van der Waals surface area contributed by atoms with Crippen molar-refractivity contribution >= 4 is 56.6 Å². The maximum Gasteiger partial charge on any atom is 0.264 e. The van der Waals surface area contributed by atoms with E-state index in [2.05, 4.69) is 5.32 Å². The number of rotatable bonds is 11. The van der Waals surface area contributed by atoms with Crippen LogP contribution in [0.15, 0.2) is 77.7 Å². The molecule has 0 saturated carbocycles. The van der Waals surface area contributed by atoms with Crippen LogP contribution in [0.2, 0.25) is 10.0 Å². The monoisotopic (exact) mass is 536 g/mol. The first-order valence-electron chi connectivity index (χ1n) is 10.7. The van der Waals surface area contributed by atoms with E-state index in [0.29, 0.717) is 17.3 Å². The van der Waals surface area contributed by atoms with Crippen LogP contribution in [-0.4, -0.2) is 33.2 Å². The lowest BCUT2D eigenvalue weighted by Gasteiger charge is -2.24. The third kappa shape index (κ3) is 7.67. The van der Waals surface area contributed by atoms with Crippen LogP contribution in [0.3, 0.4) is 0 Å². The van der Waals surface area contributed by atoms with E-state index in [-0.39, 0.29) is 17.3 Å².